The summed E-state index contributed by atoms with van der Waals surface area (Å²) >= 11 is 3.72. The molecular weight excluding hydrogens is 419 g/mol. The highest BCUT2D eigenvalue weighted by Crippen LogP contribution is 2.22. The number of thioether (sulfide) groups is 1. The molecule has 0 atom stereocenters. The first kappa shape index (κ1) is 16.3. The molecule has 2 aromatic carbocycles. The maximum atomic E-state index is 13.0. The predicted octanol–water partition coefficient (Wildman–Crippen LogP) is 4.58. The lowest BCUT2D eigenvalue weighted by Gasteiger charge is -2.13. The molecule has 0 saturated carbocycles. The van der Waals surface area contributed by atoms with Gasteiger partial charge in [0.05, 0.1) is 16.6 Å². The van der Waals surface area contributed by atoms with Crippen LogP contribution in [0.4, 0.5) is 0 Å². The highest BCUT2D eigenvalue weighted by Gasteiger charge is 2.13. The number of hydrogen-bond donors (Lipinski definition) is 0. The molecule has 0 aliphatic rings. The summed E-state index contributed by atoms with van der Waals surface area (Å²) in [5.74, 6) is 0.703. The van der Waals surface area contributed by atoms with E-state index in [0.29, 0.717) is 16.3 Å². The fraction of sp³-hybridized carbons (Fsp3) is 0.111. The van der Waals surface area contributed by atoms with Crippen LogP contribution >= 0.6 is 34.4 Å². The third kappa shape index (κ3) is 3.35. The van der Waals surface area contributed by atoms with Gasteiger partial charge in [-0.2, -0.15) is 0 Å². The van der Waals surface area contributed by atoms with Crippen LogP contribution in [0.2, 0.25) is 0 Å². The third-order valence-electron chi connectivity index (χ3n) is 3.42. The highest BCUT2D eigenvalue weighted by molar-refractivity contribution is 14.1. The first-order valence-corrected chi connectivity index (χ1v) is 9.19. The average Bonchev–Trinajstić information content (AvgIpc) is 2.55. The Hall–Kier alpha value is -1.60. The number of fused-ring (bicyclic) bond motifs is 1. The summed E-state index contributed by atoms with van der Waals surface area (Å²) in [4.78, 5) is 17.7. The molecule has 3 rings (SSSR count). The Morgan fingerprint density at radius 1 is 1.26 bits per heavy atom. The average molecular weight is 434 g/mol. The fourth-order valence-electron chi connectivity index (χ4n) is 2.29. The van der Waals surface area contributed by atoms with E-state index in [1.165, 1.54) is 11.8 Å². The molecule has 0 amide bonds. The Morgan fingerprint density at radius 3 is 2.70 bits per heavy atom. The van der Waals surface area contributed by atoms with E-state index in [1.54, 1.807) is 4.57 Å². The number of aryl methyl sites for hydroxylation is 1. The van der Waals surface area contributed by atoms with Crippen LogP contribution in [0, 0.1) is 10.5 Å². The van der Waals surface area contributed by atoms with E-state index in [9.17, 15) is 4.79 Å². The van der Waals surface area contributed by atoms with Crippen LogP contribution in [0.25, 0.3) is 16.6 Å². The van der Waals surface area contributed by atoms with Crippen molar-refractivity contribution in [3.8, 4) is 5.69 Å². The Bertz CT molecular complexity index is 932. The van der Waals surface area contributed by atoms with Gasteiger partial charge < -0.3 is 0 Å². The number of hydrogen-bond acceptors (Lipinski definition) is 3. The van der Waals surface area contributed by atoms with Crippen LogP contribution in [-0.2, 0) is 0 Å². The van der Waals surface area contributed by atoms with Crippen molar-refractivity contribution in [2.45, 2.75) is 12.1 Å². The van der Waals surface area contributed by atoms with Crippen LogP contribution in [0.15, 0.2) is 65.1 Å². The molecule has 1 heterocycles. The molecule has 0 spiro atoms. The molecule has 23 heavy (non-hydrogen) atoms. The Balaban J connectivity index is 2.31. The van der Waals surface area contributed by atoms with Crippen LogP contribution in [-0.4, -0.2) is 15.3 Å². The van der Waals surface area contributed by atoms with Gasteiger partial charge in [0.2, 0.25) is 0 Å². The summed E-state index contributed by atoms with van der Waals surface area (Å²) < 4.78 is 2.71. The standard InChI is InChI=1S/C18H15IN2OS/c1-3-10-23-18-20-16-9-6-13(19)11-15(16)17(22)21(18)14-7-4-12(2)5-8-14/h3-9,11H,1,10H2,2H3. The molecule has 3 aromatic rings. The van der Waals surface area contributed by atoms with Gasteiger partial charge in [-0.1, -0.05) is 35.5 Å². The molecule has 3 nitrogen and oxygen atoms in total. The summed E-state index contributed by atoms with van der Waals surface area (Å²) in [6.45, 7) is 5.78. The monoisotopic (exact) mass is 434 g/mol. The molecule has 116 valence electrons. The largest absolute Gasteiger partial charge is 0.268 e. The molecule has 1 aromatic heterocycles. The second-order valence-electron chi connectivity index (χ2n) is 5.13. The molecule has 5 heteroatoms. The second kappa shape index (κ2) is 6.88. The molecule has 0 saturated heterocycles. The van der Waals surface area contributed by atoms with Gasteiger partial charge in [0.25, 0.3) is 5.56 Å². The van der Waals surface area contributed by atoms with Crippen molar-refractivity contribution >= 4 is 45.3 Å². The van der Waals surface area contributed by atoms with Crippen molar-refractivity contribution in [3.05, 3.63) is 74.6 Å². The summed E-state index contributed by atoms with van der Waals surface area (Å²) in [6.07, 6.45) is 1.81. The highest BCUT2D eigenvalue weighted by atomic mass is 127. The lowest BCUT2D eigenvalue weighted by molar-refractivity contribution is 0.820. The molecule has 0 aliphatic carbocycles. The Kier molecular flexibility index (Phi) is 4.87. The van der Waals surface area contributed by atoms with Crippen LogP contribution in [0.5, 0.6) is 0 Å². The van der Waals surface area contributed by atoms with E-state index in [1.807, 2.05) is 55.5 Å². The van der Waals surface area contributed by atoms with Crippen molar-refractivity contribution in [2.75, 3.05) is 5.75 Å². The van der Waals surface area contributed by atoms with Crippen molar-refractivity contribution < 1.29 is 0 Å². The van der Waals surface area contributed by atoms with E-state index in [0.717, 1.165) is 20.3 Å². The zero-order valence-corrected chi connectivity index (χ0v) is 15.6. The topological polar surface area (TPSA) is 34.9 Å². The van der Waals surface area contributed by atoms with Crippen molar-refractivity contribution in [3.63, 3.8) is 0 Å². The molecule has 0 unspecified atom stereocenters. The summed E-state index contributed by atoms with van der Waals surface area (Å²) in [7, 11) is 0. The molecular formula is C18H15IN2OS. The first-order chi connectivity index (χ1) is 11.1. The maximum absolute atomic E-state index is 13.0. The minimum absolute atomic E-state index is 0.0380. The van der Waals surface area contributed by atoms with Crippen molar-refractivity contribution in [1.82, 2.24) is 9.55 Å². The van der Waals surface area contributed by atoms with Crippen LogP contribution < -0.4 is 5.56 Å². The quantitative estimate of drug-likeness (QED) is 0.261. The molecule has 0 N–H and O–H groups in total. The van der Waals surface area contributed by atoms with Crippen LogP contribution in [0.1, 0.15) is 5.56 Å². The Labute approximate surface area is 152 Å². The van der Waals surface area contributed by atoms with E-state index < -0.39 is 0 Å². The summed E-state index contributed by atoms with van der Waals surface area (Å²) in [5, 5.41) is 1.33. The molecule has 0 radical (unpaired) electrons. The van der Waals surface area contributed by atoms with Crippen molar-refractivity contribution in [2.24, 2.45) is 0 Å². The first-order valence-electron chi connectivity index (χ1n) is 7.13. The van der Waals surface area contributed by atoms with E-state index in [4.69, 9.17) is 0 Å². The summed E-state index contributed by atoms with van der Waals surface area (Å²) in [5.41, 5.74) is 2.68. The van der Waals surface area contributed by atoms with Gasteiger partial charge in [-0.3, -0.25) is 9.36 Å². The van der Waals surface area contributed by atoms with E-state index in [-0.39, 0.29) is 5.56 Å². The van der Waals surface area contributed by atoms with Gasteiger partial charge in [-0.25, -0.2) is 4.98 Å². The molecule has 0 aliphatic heterocycles. The predicted molar refractivity (Wildman–Crippen MR) is 106 cm³/mol. The SMILES string of the molecule is C=CCSc1nc2ccc(I)cc2c(=O)n1-c1ccc(C)cc1. The molecule has 0 bridgehead atoms. The fourth-order valence-corrected chi connectivity index (χ4v) is 3.53. The third-order valence-corrected chi connectivity index (χ3v) is 5.03. The van der Waals surface area contributed by atoms with E-state index >= 15 is 0 Å². The zero-order chi connectivity index (χ0) is 16.4. The van der Waals surface area contributed by atoms with Gasteiger partial charge >= 0.3 is 0 Å². The number of nitrogens with zero attached hydrogens (tertiary/aromatic N) is 2. The van der Waals surface area contributed by atoms with Gasteiger partial charge in [-0.15, -0.1) is 6.58 Å². The number of halogens is 1. The lowest BCUT2D eigenvalue weighted by atomic mass is 10.2. The van der Waals surface area contributed by atoms with Crippen molar-refractivity contribution in [1.29, 1.82) is 0 Å². The number of aromatic nitrogens is 2. The minimum atomic E-state index is -0.0380. The van der Waals surface area contributed by atoms with Crippen LogP contribution in [0.3, 0.4) is 0 Å². The van der Waals surface area contributed by atoms with Gasteiger partial charge in [0, 0.05) is 9.32 Å². The zero-order valence-electron chi connectivity index (χ0n) is 12.6. The lowest BCUT2D eigenvalue weighted by Crippen LogP contribution is -2.22. The smallest absolute Gasteiger partial charge is 0.266 e. The van der Waals surface area contributed by atoms with Gasteiger partial charge in [0.15, 0.2) is 5.16 Å². The number of benzene rings is 2. The maximum Gasteiger partial charge on any atom is 0.266 e. The molecule has 0 fully saturated rings. The second-order valence-corrected chi connectivity index (χ2v) is 7.36. The minimum Gasteiger partial charge on any atom is -0.268 e. The van der Waals surface area contributed by atoms with E-state index in [2.05, 4.69) is 34.2 Å². The van der Waals surface area contributed by atoms with Gasteiger partial charge in [0.1, 0.15) is 0 Å². The van der Waals surface area contributed by atoms with Gasteiger partial charge in [-0.05, 0) is 59.8 Å². The summed E-state index contributed by atoms with van der Waals surface area (Å²) in [6, 6.07) is 13.7. The normalized spacial score (nSPS) is 10.9. The number of rotatable bonds is 4. The Morgan fingerprint density at radius 2 is 2.00 bits per heavy atom.